The van der Waals surface area contributed by atoms with Gasteiger partial charge in [0.25, 0.3) is 0 Å². The van der Waals surface area contributed by atoms with Crippen molar-refractivity contribution in [1.82, 2.24) is 9.97 Å². The Balaban J connectivity index is 1.85. The van der Waals surface area contributed by atoms with Gasteiger partial charge < -0.3 is 44.5 Å². The van der Waals surface area contributed by atoms with Crippen LogP contribution in [0, 0.1) is 0 Å². The molecule has 0 unspecified atom stereocenters. The Hall–Kier alpha value is -3.98. The number of carboxylic acids is 1. The average Bonchev–Trinajstić information content (AvgIpc) is 3.00. The van der Waals surface area contributed by atoms with Gasteiger partial charge in [-0.15, -0.1) is 0 Å². The molecule has 13 heteroatoms. The Bertz CT molecular complexity index is 1260. The van der Waals surface area contributed by atoms with Gasteiger partial charge in [0.05, 0.1) is 30.7 Å². The second-order valence-corrected chi connectivity index (χ2v) is 9.18. The first-order valence-corrected chi connectivity index (χ1v) is 12.6. The Morgan fingerprint density at radius 1 is 0.976 bits per heavy atom. The van der Waals surface area contributed by atoms with Gasteiger partial charge in [0.15, 0.2) is 11.7 Å². The van der Waals surface area contributed by atoms with Crippen LogP contribution >= 0.6 is 0 Å². The fraction of sp³-hybridized carbons (Fsp3) is 0.357. The third-order valence-corrected chi connectivity index (χ3v) is 6.60. The zero-order chi connectivity index (χ0) is 29.6. The lowest BCUT2D eigenvalue weighted by atomic mass is 9.81. The number of methoxy groups -OCH3 is 1. The molecule has 1 aromatic heterocycles. The number of aromatic nitrogens is 2. The normalized spacial score (nSPS) is 21.6. The van der Waals surface area contributed by atoms with E-state index in [-0.39, 0.29) is 11.4 Å². The van der Waals surface area contributed by atoms with E-state index >= 15 is 0 Å². The quantitative estimate of drug-likeness (QED) is 0.197. The fourth-order valence-corrected chi connectivity index (χ4v) is 4.60. The second kappa shape index (κ2) is 13.1. The van der Waals surface area contributed by atoms with Gasteiger partial charge in [0.2, 0.25) is 12.4 Å². The van der Waals surface area contributed by atoms with E-state index in [1.165, 1.54) is 13.2 Å². The molecule has 1 aliphatic heterocycles. The first-order chi connectivity index (χ1) is 19.7. The maximum Gasteiger partial charge on any atom is 0.353 e. The van der Waals surface area contributed by atoms with Gasteiger partial charge in [0, 0.05) is 13.5 Å². The molecule has 0 aliphatic carbocycles. The molecule has 1 aliphatic rings. The monoisotopic (exact) mass is 570 g/mol. The lowest BCUT2D eigenvalue weighted by molar-refractivity contribution is -0.265. The predicted octanol–water partition coefficient (Wildman–Crippen LogP) is 0.263. The number of rotatable bonds is 11. The maximum atomic E-state index is 14.0. The molecule has 0 saturated carbocycles. The third-order valence-electron chi connectivity index (χ3n) is 6.60. The van der Waals surface area contributed by atoms with Gasteiger partial charge in [-0.1, -0.05) is 60.7 Å². The molecule has 0 spiro atoms. The summed E-state index contributed by atoms with van der Waals surface area (Å²) in [6.07, 6.45) is -8.97. The number of carbonyl (C=O) groups is 2. The number of aliphatic carboxylic acids is 1. The largest absolute Gasteiger partial charge is 0.479 e. The van der Waals surface area contributed by atoms with Gasteiger partial charge in [-0.05, 0) is 17.2 Å². The number of nitrogens with zero attached hydrogens (tertiary/aromatic N) is 2. The van der Waals surface area contributed by atoms with Crippen molar-refractivity contribution in [2.75, 3.05) is 7.11 Å². The number of hydrogen-bond acceptors (Lipinski definition) is 12. The van der Waals surface area contributed by atoms with Crippen LogP contribution in [-0.2, 0) is 42.6 Å². The van der Waals surface area contributed by atoms with Gasteiger partial charge in [0.1, 0.15) is 6.10 Å². The van der Waals surface area contributed by atoms with Crippen molar-refractivity contribution < 1.29 is 54.1 Å². The van der Waals surface area contributed by atoms with Gasteiger partial charge in [-0.3, -0.25) is 0 Å². The summed E-state index contributed by atoms with van der Waals surface area (Å²) in [5.74, 6) is -2.61. The molecule has 218 valence electrons. The Morgan fingerprint density at radius 3 is 1.98 bits per heavy atom. The molecule has 13 nitrogen and oxygen atoms in total. The highest BCUT2D eigenvalue weighted by Gasteiger charge is 2.52. The van der Waals surface area contributed by atoms with E-state index in [1.54, 1.807) is 60.7 Å². The number of aliphatic hydroxyl groups excluding tert-OH is 4. The summed E-state index contributed by atoms with van der Waals surface area (Å²) < 4.78 is 22.8. The van der Waals surface area contributed by atoms with Crippen LogP contribution in [0.1, 0.15) is 28.9 Å². The molecule has 1 fully saturated rings. The number of carboxylic acid groups (broad SMARTS) is 1. The molecule has 5 N–H and O–H groups in total. The number of benzene rings is 2. The topological polar surface area (TPSA) is 198 Å². The Kier molecular flexibility index (Phi) is 9.60. The van der Waals surface area contributed by atoms with Crippen LogP contribution in [0.5, 0.6) is 6.01 Å². The zero-order valence-corrected chi connectivity index (χ0v) is 21.9. The van der Waals surface area contributed by atoms with Crippen molar-refractivity contribution in [3.8, 4) is 6.01 Å². The van der Waals surface area contributed by atoms with Crippen molar-refractivity contribution in [2.24, 2.45) is 0 Å². The summed E-state index contributed by atoms with van der Waals surface area (Å²) in [4.78, 5) is 33.8. The van der Waals surface area contributed by atoms with Crippen LogP contribution in [0.4, 0.5) is 0 Å². The molecule has 5 atom stereocenters. The minimum Gasteiger partial charge on any atom is -0.479 e. The SMILES string of the molecule is COC(c1ccccc1)(c1ccccc1)[C@H](Oc1nc(CO)cc(CO)n1)C(=O)O[C@@H]1O[C@H](C(=O)O)C[C@H](O)[C@H]1O. The molecule has 3 aromatic rings. The van der Waals surface area contributed by atoms with Crippen LogP contribution in [0.2, 0.25) is 0 Å². The molecule has 1 saturated heterocycles. The van der Waals surface area contributed by atoms with Gasteiger partial charge in [-0.2, -0.15) is 9.97 Å². The minimum atomic E-state index is -1.88. The maximum absolute atomic E-state index is 14.0. The number of ether oxygens (including phenoxy) is 4. The van der Waals surface area contributed by atoms with Crippen LogP contribution < -0.4 is 4.74 Å². The molecule has 0 amide bonds. The smallest absolute Gasteiger partial charge is 0.353 e. The summed E-state index contributed by atoms with van der Waals surface area (Å²) >= 11 is 0. The molecule has 4 rings (SSSR count). The molecular formula is C28H30N2O11. The average molecular weight is 571 g/mol. The van der Waals surface area contributed by atoms with E-state index in [1.807, 2.05) is 0 Å². The first-order valence-electron chi connectivity index (χ1n) is 12.6. The minimum absolute atomic E-state index is 0.0899. The van der Waals surface area contributed by atoms with E-state index in [4.69, 9.17) is 18.9 Å². The summed E-state index contributed by atoms with van der Waals surface area (Å²) in [5.41, 5.74) is -0.698. The molecule has 2 aromatic carbocycles. The van der Waals surface area contributed by atoms with Crippen LogP contribution in [-0.4, -0.2) is 85.3 Å². The summed E-state index contributed by atoms with van der Waals surface area (Å²) in [6, 6.07) is 18.0. The standard InChI is InChI=1S/C28H30N2O11/c1-38-28(16-8-4-2-5-9-16,17-10-6-3-7-11-17)23(40-27-29-18(14-31)12-19(15-32)30-27)25(37)41-26-22(34)20(33)13-21(39-26)24(35)36/h2-12,20-23,26,31-34H,13-15H2,1H3,(H,35,36)/t20-,21-,22+,23+,26-/m0/s1. The first kappa shape index (κ1) is 30.0. The summed E-state index contributed by atoms with van der Waals surface area (Å²) in [7, 11) is 1.34. The van der Waals surface area contributed by atoms with Crippen molar-refractivity contribution in [3.05, 3.63) is 89.2 Å². The molecule has 41 heavy (non-hydrogen) atoms. The van der Waals surface area contributed by atoms with E-state index in [0.29, 0.717) is 11.1 Å². The lowest BCUT2D eigenvalue weighted by Crippen LogP contribution is -2.56. The summed E-state index contributed by atoms with van der Waals surface area (Å²) in [5, 5.41) is 49.5. The Labute approximate surface area is 234 Å². The van der Waals surface area contributed by atoms with Crippen molar-refractivity contribution in [2.45, 2.75) is 55.9 Å². The molecule has 0 radical (unpaired) electrons. The van der Waals surface area contributed by atoms with Gasteiger partial charge in [-0.25, -0.2) is 9.59 Å². The summed E-state index contributed by atoms with van der Waals surface area (Å²) in [6.45, 7) is -1.05. The van der Waals surface area contributed by atoms with Crippen LogP contribution in [0.3, 0.4) is 0 Å². The second-order valence-electron chi connectivity index (χ2n) is 9.18. The highest BCUT2D eigenvalue weighted by atomic mass is 16.7. The van der Waals surface area contributed by atoms with Crippen molar-refractivity contribution in [3.63, 3.8) is 0 Å². The Morgan fingerprint density at radius 2 is 1.51 bits per heavy atom. The highest BCUT2D eigenvalue weighted by molar-refractivity contribution is 5.79. The molecule has 0 bridgehead atoms. The number of esters is 1. The van der Waals surface area contributed by atoms with Crippen LogP contribution in [0.15, 0.2) is 66.7 Å². The van der Waals surface area contributed by atoms with Crippen molar-refractivity contribution in [1.29, 1.82) is 0 Å². The van der Waals surface area contributed by atoms with Crippen molar-refractivity contribution >= 4 is 11.9 Å². The van der Waals surface area contributed by atoms with Crippen LogP contribution in [0.25, 0.3) is 0 Å². The van der Waals surface area contributed by atoms with E-state index < -0.39 is 73.9 Å². The predicted molar refractivity (Wildman–Crippen MR) is 138 cm³/mol. The van der Waals surface area contributed by atoms with Gasteiger partial charge >= 0.3 is 17.9 Å². The number of aliphatic hydroxyl groups is 4. The zero-order valence-electron chi connectivity index (χ0n) is 21.9. The van der Waals surface area contributed by atoms with E-state index in [2.05, 4.69) is 9.97 Å². The van der Waals surface area contributed by atoms with E-state index in [9.17, 15) is 35.1 Å². The third kappa shape index (κ3) is 6.35. The lowest BCUT2D eigenvalue weighted by Gasteiger charge is -2.40. The molecular weight excluding hydrogens is 540 g/mol. The number of hydrogen-bond donors (Lipinski definition) is 5. The van der Waals surface area contributed by atoms with E-state index in [0.717, 1.165) is 0 Å². The molecule has 2 heterocycles. The number of carbonyl (C=O) groups excluding carboxylic acids is 1. The highest BCUT2D eigenvalue weighted by Crippen LogP contribution is 2.39. The fourth-order valence-electron chi connectivity index (χ4n) is 4.60.